The first-order chi connectivity index (χ1) is 10.0. The highest BCUT2D eigenvalue weighted by Gasteiger charge is 2.20. The zero-order valence-electron chi connectivity index (χ0n) is 12.1. The Bertz CT molecular complexity index is 760. The first-order valence-corrected chi connectivity index (χ1v) is 7.42. The average molecular weight is 306 g/mol. The fraction of sp³-hybridized carbons (Fsp3) is 0.357. The summed E-state index contributed by atoms with van der Waals surface area (Å²) in [6.45, 7) is 8.37. The monoisotopic (exact) mass is 306 g/mol. The second kappa shape index (κ2) is 6.19. The van der Waals surface area contributed by atoms with Crippen LogP contribution in [0, 0.1) is 13.8 Å². The highest BCUT2D eigenvalue weighted by molar-refractivity contribution is 7.20. The number of carbonyl (C=O) groups is 1. The van der Waals surface area contributed by atoms with Crippen LogP contribution in [0.5, 0.6) is 0 Å². The summed E-state index contributed by atoms with van der Waals surface area (Å²) in [5.41, 5.74) is 5.91. The van der Waals surface area contributed by atoms with E-state index in [0.717, 1.165) is 0 Å². The molecule has 0 saturated carbocycles. The SMILES string of the molecule is C=CCn1c(C)nc2sc(C(=O)NCCN)c(C)c2c1=O. The minimum absolute atomic E-state index is 0.135. The molecule has 2 heterocycles. The number of carbonyl (C=O) groups excluding carboxylic acids is 1. The summed E-state index contributed by atoms with van der Waals surface area (Å²) in [6, 6.07) is 0. The summed E-state index contributed by atoms with van der Waals surface area (Å²) in [4.78, 5) is 30.2. The molecule has 112 valence electrons. The van der Waals surface area contributed by atoms with Gasteiger partial charge in [-0.1, -0.05) is 6.08 Å². The molecule has 21 heavy (non-hydrogen) atoms. The minimum atomic E-state index is -0.215. The van der Waals surface area contributed by atoms with Gasteiger partial charge in [-0.3, -0.25) is 14.2 Å². The Balaban J connectivity index is 2.61. The maximum absolute atomic E-state index is 12.5. The van der Waals surface area contributed by atoms with Crippen molar-refractivity contribution in [1.82, 2.24) is 14.9 Å². The zero-order chi connectivity index (χ0) is 15.6. The van der Waals surface area contributed by atoms with Crippen molar-refractivity contribution in [3.8, 4) is 0 Å². The van der Waals surface area contributed by atoms with E-state index in [9.17, 15) is 9.59 Å². The summed E-state index contributed by atoms with van der Waals surface area (Å²) < 4.78 is 1.55. The van der Waals surface area contributed by atoms with Crippen LogP contribution >= 0.6 is 11.3 Å². The third-order valence-electron chi connectivity index (χ3n) is 3.19. The van der Waals surface area contributed by atoms with Gasteiger partial charge in [-0.05, 0) is 19.4 Å². The van der Waals surface area contributed by atoms with Crippen LogP contribution in [0.3, 0.4) is 0 Å². The number of hydrogen-bond acceptors (Lipinski definition) is 5. The first-order valence-electron chi connectivity index (χ1n) is 6.61. The molecular weight excluding hydrogens is 288 g/mol. The lowest BCUT2D eigenvalue weighted by atomic mass is 10.2. The highest BCUT2D eigenvalue weighted by Crippen LogP contribution is 2.27. The van der Waals surface area contributed by atoms with Crippen molar-refractivity contribution in [2.24, 2.45) is 5.73 Å². The topological polar surface area (TPSA) is 90.0 Å². The van der Waals surface area contributed by atoms with Gasteiger partial charge in [-0.2, -0.15) is 0 Å². The van der Waals surface area contributed by atoms with Crippen molar-refractivity contribution in [3.05, 3.63) is 39.3 Å². The summed E-state index contributed by atoms with van der Waals surface area (Å²) >= 11 is 1.23. The molecule has 2 rings (SSSR count). The molecule has 0 bridgehead atoms. The molecule has 0 fully saturated rings. The molecule has 0 saturated heterocycles. The normalized spacial score (nSPS) is 10.8. The molecule has 6 nitrogen and oxygen atoms in total. The smallest absolute Gasteiger partial charge is 0.262 e. The standard InChI is InChI=1S/C14H18N4O2S/c1-4-7-18-9(3)17-13-10(14(18)20)8(2)11(21-13)12(19)16-6-5-15/h4H,1,5-7,15H2,2-3H3,(H,16,19). The molecule has 1 amide bonds. The number of nitrogens with one attached hydrogen (secondary N) is 1. The van der Waals surface area contributed by atoms with Crippen molar-refractivity contribution in [3.63, 3.8) is 0 Å². The van der Waals surface area contributed by atoms with Gasteiger partial charge in [0.25, 0.3) is 11.5 Å². The van der Waals surface area contributed by atoms with Crippen LogP contribution < -0.4 is 16.6 Å². The molecule has 3 N–H and O–H groups in total. The van der Waals surface area contributed by atoms with Crippen molar-refractivity contribution in [2.75, 3.05) is 13.1 Å². The van der Waals surface area contributed by atoms with Crippen LogP contribution in [0.25, 0.3) is 10.2 Å². The maximum atomic E-state index is 12.5. The van der Waals surface area contributed by atoms with Gasteiger partial charge in [0.05, 0.1) is 10.3 Å². The third-order valence-corrected chi connectivity index (χ3v) is 4.37. The van der Waals surface area contributed by atoms with Crippen molar-refractivity contribution < 1.29 is 4.79 Å². The number of fused-ring (bicyclic) bond motifs is 1. The highest BCUT2D eigenvalue weighted by atomic mass is 32.1. The average Bonchev–Trinajstić information content (AvgIpc) is 2.77. The largest absolute Gasteiger partial charge is 0.350 e. The lowest BCUT2D eigenvalue weighted by Crippen LogP contribution is -2.29. The number of aromatic nitrogens is 2. The Morgan fingerprint density at radius 3 is 2.86 bits per heavy atom. The van der Waals surface area contributed by atoms with Crippen LogP contribution in [0.15, 0.2) is 17.4 Å². The number of aryl methyl sites for hydroxylation is 2. The van der Waals surface area contributed by atoms with Gasteiger partial charge in [0.15, 0.2) is 0 Å². The Morgan fingerprint density at radius 1 is 1.52 bits per heavy atom. The van der Waals surface area contributed by atoms with Gasteiger partial charge in [0.2, 0.25) is 0 Å². The van der Waals surface area contributed by atoms with E-state index in [-0.39, 0.29) is 11.5 Å². The predicted octanol–water partition coefficient (Wildman–Crippen LogP) is 0.949. The van der Waals surface area contributed by atoms with Gasteiger partial charge in [-0.25, -0.2) is 4.98 Å². The summed E-state index contributed by atoms with van der Waals surface area (Å²) in [6.07, 6.45) is 1.65. The first kappa shape index (κ1) is 15.4. The molecule has 0 aliphatic rings. The molecule has 0 aromatic carbocycles. The number of allylic oxidation sites excluding steroid dienone is 1. The fourth-order valence-corrected chi connectivity index (χ4v) is 3.28. The summed E-state index contributed by atoms with van der Waals surface area (Å²) in [5, 5.41) is 3.22. The zero-order valence-corrected chi connectivity index (χ0v) is 12.9. The molecule has 2 aromatic heterocycles. The van der Waals surface area contributed by atoms with Crippen LogP contribution in [-0.4, -0.2) is 28.5 Å². The van der Waals surface area contributed by atoms with Crippen molar-refractivity contribution in [2.45, 2.75) is 20.4 Å². The van der Waals surface area contributed by atoms with Crippen LogP contribution in [-0.2, 0) is 6.54 Å². The van der Waals surface area contributed by atoms with Crippen LogP contribution in [0.2, 0.25) is 0 Å². The van der Waals surface area contributed by atoms with E-state index in [1.807, 2.05) is 0 Å². The van der Waals surface area contributed by atoms with E-state index in [0.29, 0.717) is 46.1 Å². The second-order valence-electron chi connectivity index (χ2n) is 4.64. The molecular formula is C14H18N4O2S. The molecule has 0 atom stereocenters. The number of nitrogens with two attached hydrogens (primary N) is 1. The molecule has 0 aliphatic carbocycles. The molecule has 0 spiro atoms. The Labute approximate surface area is 126 Å². The van der Waals surface area contributed by atoms with Gasteiger partial charge in [-0.15, -0.1) is 17.9 Å². The van der Waals surface area contributed by atoms with E-state index in [2.05, 4.69) is 16.9 Å². The number of amides is 1. The fourth-order valence-electron chi connectivity index (χ4n) is 2.14. The van der Waals surface area contributed by atoms with Crippen molar-refractivity contribution >= 4 is 27.5 Å². The number of rotatable bonds is 5. The quantitative estimate of drug-likeness (QED) is 0.805. The summed E-state index contributed by atoms with van der Waals surface area (Å²) in [7, 11) is 0. The van der Waals surface area contributed by atoms with Crippen LogP contribution in [0.4, 0.5) is 0 Å². The molecule has 2 aromatic rings. The van der Waals surface area contributed by atoms with E-state index in [1.165, 1.54) is 11.3 Å². The lowest BCUT2D eigenvalue weighted by Gasteiger charge is -2.06. The Hall–Kier alpha value is -1.99. The van der Waals surface area contributed by atoms with E-state index in [4.69, 9.17) is 5.73 Å². The van der Waals surface area contributed by atoms with E-state index >= 15 is 0 Å². The molecule has 0 radical (unpaired) electrons. The van der Waals surface area contributed by atoms with Gasteiger partial charge < -0.3 is 11.1 Å². The van der Waals surface area contributed by atoms with Gasteiger partial charge in [0, 0.05) is 19.6 Å². The summed E-state index contributed by atoms with van der Waals surface area (Å²) in [5.74, 6) is 0.399. The van der Waals surface area contributed by atoms with Crippen LogP contribution in [0.1, 0.15) is 21.1 Å². The third kappa shape index (κ3) is 2.74. The number of nitrogens with zero attached hydrogens (tertiary/aromatic N) is 2. The van der Waals surface area contributed by atoms with E-state index < -0.39 is 0 Å². The van der Waals surface area contributed by atoms with Gasteiger partial charge >= 0.3 is 0 Å². The molecule has 7 heteroatoms. The molecule has 0 aliphatic heterocycles. The number of thiophene rings is 1. The maximum Gasteiger partial charge on any atom is 0.262 e. The molecule has 0 unspecified atom stereocenters. The number of hydrogen-bond donors (Lipinski definition) is 2. The Morgan fingerprint density at radius 2 is 2.24 bits per heavy atom. The minimum Gasteiger partial charge on any atom is -0.350 e. The lowest BCUT2D eigenvalue weighted by molar-refractivity contribution is 0.0958. The Kier molecular flexibility index (Phi) is 4.54. The second-order valence-corrected chi connectivity index (χ2v) is 5.64. The van der Waals surface area contributed by atoms with E-state index in [1.54, 1.807) is 24.5 Å². The predicted molar refractivity (Wildman–Crippen MR) is 84.9 cm³/mol. The van der Waals surface area contributed by atoms with Gasteiger partial charge in [0.1, 0.15) is 10.7 Å². The van der Waals surface area contributed by atoms with Crippen molar-refractivity contribution in [1.29, 1.82) is 0 Å².